The minimum atomic E-state index is 0.0680. The van der Waals surface area contributed by atoms with Gasteiger partial charge in [0.25, 0.3) is 0 Å². The fraction of sp³-hybridized carbons (Fsp3) is 0.909. The molecule has 0 aromatic carbocycles. The third kappa shape index (κ3) is 18.9. The number of hydrogen-bond acceptors (Lipinski definition) is 7. The molecule has 0 aliphatic carbocycles. The summed E-state index contributed by atoms with van der Waals surface area (Å²) in [4.78, 5) is 23.2. The largest absolute Gasteiger partial charge is 0.379 e. The zero-order valence-electron chi connectivity index (χ0n) is 18.9. The second kappa shape index (κ2) is 20.4. The second-order valence-corrected chi connectivity index (χ2v) is 7.34. The van der Waals surface area contributed by atoms with Crippen molar-refractivity contribution in [1.29, 1.82) is 0 Å². The molecule has 7 nitrogen and oxygen atoms in total. The molecule has 0 amide bonds. The first-order valence-corrected chi connectivity index (χ1v) is 10.9. The highest BCUT2D eigenvalue weighted by Crippen LogP contribution is 2.08. The average Bonchev–Trinajstić information content (AvgIpc) is 2.69. The summed E-state index contributed by atoms with van der Waals surface area (Å²) in [6.07, 6.45) is 2.92. The van der Waals surface area contributed by atoms with Gasteiger partial charge in [-0.3, -0.25) is 9.59 Å². The van der Waals surface area contributed by atoms with Gasteiger partial charge in [0.1, 0.15) is 11.6 Å². The third-order valence-electron chi connectivity index (χ3n) is 4.39. The Labute approximate surface area is 176 Å². The van der Waals surface area contributed by atoms with Gasteiger partial charge in [0.15, 0.2) is 0 Å². The minimum absolute atomic E-state index is 0.0680. The van der Waals surface area contributed by atoms with Crippen LogP contribution in [0.2, 0.25) is 0 Å². The standard InChI is InChI=1S/C22H42O7/c1-5-6-20(4)22(24)8-10-26-12-14-28-16-18-29-17-15-27-13-11-25-9-7-21(23)19(2)3/h19-20H,5-18H2,1-4H3. The van der Waals surface area contributed by atoms with E-state index in [2.05, 4.69) is 6.92 Å². The van der Waals surface area contributed by atoms with Crippen LogP contribution in [0.15, 0.2) is 0 Å². The van der Waals surface area contributed by atoms with Gasteiger partial charge in [-0.15, -0.1) is 0 Å². The Morgan fingerprint density at radius 1 is 0.586 bits per heavy atom. The molecule has 0 N–H and O–H groups in total. The van der Waals surface area contributed by atoms with Crippen molar-refractivity contribution in [2.45, 2.75) is 53.4 Å². The smallest absolute Gasteiger partial charge is 0.137 e. The molecule has 0 aliphatic heterocycles. The van der Waals surface area contributed by atoms with E-state index in [1.54, 1.807) is 0 Å². The fourth-order valence-corrected chi connectivity index (χ4v) is 2.46. The first kappa shape index (κ1) is 28.1. The predicted molar refractivity (Wildman–Crippen MR) is 112 cm³/mol. The summed E-state index contributed by atoms with van der Waals surface area (Å²) in [7, 11) is 0. The molecule has 0 spiro atoms. The van der Waals surface area contributed by atoms with E-state index in [0.717, 1.165) is 12.8 Å². The number of carbonyl (C=O) groups is 2. The van der Waals surface area contributed by atoms with Crippen molar-refractivity contribution >= 4 is 11.6 Å². The molecule has 29 heavy (non-hydrogen) atoms. The van der Waals surface area contributed by atoms with Crippen LogP contribution >= 0.6 is 0 Å². The molecule has 0 saturated heterocycles. The molecule has 0 fully saturated rings. The molecule has 7 heteroatoms. The van der Waals surface area contributed by atoms with Crippen molar-refractivity contribution in [2.24, 2.45) is 11.8 Å². The first-order valence-electron chi connectivity index (χ1n) is 10.9. The molecule has 172 valence electrons. The number of hydrogen-bond donors (Lipinski definition) is 0. The van der Waals surface area contributed by atoms with Gasteiger partial charge in [0.05, 0.1) is 66.1 Å². The average molecular weight is 419 g/mol. The van der Waals surface area contributed by atoms with E-state index >= 15 is 0 Å². The molecule has 0 bridgehead atoms. The normalized spacial score (nSPS) is 12.4. The van der Waals surface area contributed by atoms with Gasteiger partial charge in [0.2, 0.25) is 0 Å². The van der Waals surface area contributed by atoms with Gasteiger partial charge in [-0.1, -0.05) is 34.1 Å². The maximum atomic E-state index is 11.8. The lowest BCUT2D eigenvalue weighted by Gasteiger charge is -2.09. The molecule has 0 heterocycles. The van der Waals surface area contributed by atoms with Crippen molar-refractivity contribution in [3.63, 3.8) is 0 Å². The number of carbonyl (C=O) groups excluding carboxylic acids is 2. The number of ether oxygens (including phenoxy) is 5. The van der Waals surface area contributed by atoms with Crippen LogP contribution in [0.5, 0.6) is 0 Å². The third-order valence-corrected chi connectivity index (χ3v) is 4.39. The van der Waals surface area contributed by atoms with Crippen LogP contribution in [0.3, 0.4) is 0 Å². The maximum absolute atomic E-state index is 11.8. The predicted octanol–water partition coefficient (Wildman–Crippen LogP) is 3.08. The molecule has 0 radical (unpaired) electrons. The lowest BCUT2D eigenvalue weighted by Crippen LogP contribution is -2.16. The van der Waals surface area contributed by atoms with Crippen molar-refractivity contribution in [3.8, 4) is 0 Å². The van der Waals surface area contributed by atoms with Crippen LogP contribution in [0, 0.1) is 11.8 Å². The topological polar surface area (TPSA) is 80.3 Å². The SMILES string of the molecule is CCCC(C)C(=O)CCOCCOCCOCCOCCOCCC(=O)C(C)C. The highest BCUT2D eigenvalue weighted by molar-refractivity contribution is 5.80. The highest BCUT2D eigenvalue weighted by Gasteiger charge is 2.11. The van der Waals surface area contributed by atoms with Gasteiger partial charge >= 0.3 is 0 Å². The van der Waals surface area contributed by atoms with Crippen LogP contribution in [0.1, 0.15) is 53.4 Å². The summed E-state index contributed by atoms with van der Waals surface area (Å²) < 4.78 is 27.0. The summed E-state index contributed by atoms with van der Waals surface area (Å²) in [6.45, 7) is 12.7. The van der Waals surface area contributed by atoms with Gasteiger partial charge in [-0.2, -0.15) is 0 Å². The fourth-order valence-electron chi connectivity index (χ4n) is 2.46. The summed E-state index contributed by atoms with van der Waals surface area (Å²) in [5.74, 6) is 0.698. The monoisotopic (exact) mass is 418 g/mol. The lowest BCUT2D eigenvalue weighted by atomic mass is 9.99. The Hall–Kier alpha value is -0.860. The van der Waals surface area contributed by atoms with Crippen LogP contribution in [0.4, 0.5) is 0 Å². The lowest BCUT2D eigenvalue weighted by molar-refractivity contribution is -0.124. The summed E-state index contributed by atoms with van der Waals surface area (Å²) in [5, 5.41) is 0. The van der Waals surface area contributed by atoms with E-state index in [4.69, 9.17) is 23.7 Å². The Morgan fingerprint density at radius 3 is 1.28 bits per heavy atom. The van der Waals surface area contributed by atoms with Crippen LogP contribution in [0.25, 0.3) is 0 Å². The van der Waals surface area contributed by atoms with E-state index in [1.807, 2.05) is 20.8 Å². The van der Waals surface area contributed by atoms with E-state index < -0.39 is 0 Å². The minimum Gasteiger partial charge on any atom is -0.379 e. The van der Waals surface area contributed by atoms with E-state index in [1.165, 1.54) is 0 Å². The van der Waals surface area contributed by atoms with Gasteiger partial charge in [-0.25, -0.2) is 0 Å². The van der Waals surface area contributed by atoms with Crippen LogP contribution in [-0.2, 0) is 33.3 Å². The zero-order valence-corrected chi connectivity index (χ0v) is 18.9. The van der Waals surface area contributed by atoms with Gasteiger partial charge < -0.3 is 23.7 Å². The maximum Gasteiger partial charge on any atom is 0.137 e. The Morgan fingerprint density at radius 2 is 0.931 bits per heavy atom. The van der Waals surface area contributed by atoms with E-state index in [9.17, 15) is 9.59 Å². The molecule has 0 aromatic heterocycles. The highest BCUT2D eigenvalue weighted by atomic mass is 16.6. The van der Waals surface area contributed by atoms with Crippen LogP contribution < -0.4 is 0 Å². The van der Waals surface area contributed by atoms with Gasteiger partial charge in [-0.05, 0) is 6.42 Å². The molecule has 0 aromatic rings. The van der Waals surface area contributed by atoms with Crippen molar-refractivity contribution < 1.29 is 33.3 Å². The summed E-state index contributed by atoms with van der Waals surface area (Å²) in [5.41, 5.74) is 0. The Kier molecular flexibility index (Phi) is 19.8. The number of Topliss-reactive ketones (excluding diaryl/α,β-unsaturated/α-hetero) is 2. The molecule has 1 atom stereocenters. The number of ketones is 2. The molecule has 1 unspecified atom stereocenters. The van der Waals surface area contributed by atoms with E-state index in [-0.39, 0.29) is 23.4 Å². The van der Waals surface area contributed by atoms with Crippen molar-refractivity contribution in [1.82, 2.24) is 0 Å². The van der Waals surface area contributed by atoms with Crippen LogP contribution in [-0.4, -0.2) is 77.6 Å². The van der Waals surface area contributed by atoms with Gasteiger partial charge in [0, 0.05) is 24.7 Å². The van der Waals surface area contributed by atoms with Crippen molar-refractivity contribution in [2.75, 3.05) is 66.1 Å². The molecular weight excluding hydrogens is 376 g/mol. The Balaban J connectivity index is 3.19. The Bertz CT molecular complexity index is 399. The molecule has 0 saturated carbocycles. The van der Waals surface area contributed by atoms with E-state index in [0.29, 0.717) is 78.9 Å². The quantitative estimate of drug-likeness (QED) is 0.250. The molecular formula is C22H42O7. The number of rotatable bonds is 22. The summed E-state index contributed by atoms with van der Waals surface area (Å²) in [6, 6.07) is 0. The molecule has 0 aliphatic rings. The zero-order chi connectivity index (χ0) is 21.7. The summed E-state index contributed by atoms with van der Waals surface area (Å²) >= 11 is 0. The molecule has 0 rings (SSSR count). The second-order valence-electron chi connectivity index (χ2n) is 7.34. The first-order chi connectivity index (χ1) is 14.0. The van der Waals surface area contributed by atoms with Crippen molar-refractivity contribution in [3.05, 3.63) is 0 Å².